The van der Waals surface area contributed by atoms with Gasteiger partial charge in [0, 0.05) is 6.07 Å². The molecule has 0 bridgehead atoms. The van der Waals surface area contributed by atoms with Gasteiger partial charge in [0.2, 0.25) is 0 Å². The molecule has 1 aromatic carbocycles. The fourth-order valence-corrected chi connectivity index (χ4v) is 2.05. The lowest BCUT2D eigenvalue weighted by atomic mass is 10.1. The van der Waals surface area contributed by atoms with Gasteiger partial charge in [0.05, 0.1) is 23.2 Å². The van der Waals surface area contributed by atoms with E-state index in [1.54, 1.807) is 0 Å². The van der Waals surface area contributed by atoms with E-state index in [1.165, 1.54) is 0 Å². The number of halogens is 8. The Bertz CT molecular complexity index is 933. The maximum atomic E-state index is 13.8. The van der Waals surface area contributed by atoms with Gasteiger partial charge < -0.3 is 10.8 Å². The van der Waals surface area contributed by atoms with Gasteiger partial charge in [-0.25, -0.2) is 8.78 Å². The number of benzene rings is 1. The van der Waals surface area contributed by atoms with Gasteiger partial charge in [-0.3, -0.25) is 9.98 Å². The molecule has 1 heterocycles. The Kier molecular flexibility index (Phi) is 6.26. The highest BCUT2D eigenvalue weighted by Gasteiger charge is 2.33. The van der Waals surface area contributed by atoms with Crippen molar-refractivity contribution in [1.29, 1.82) is 0 Å². The highest BCUT2D eigenvalue weighted by molar-refractivity contribution is 6.01. The summed E-state index contributed by atoms with van der Waals surface area (Å²) in [7, 11) is 0. The van der Waals surface area contributed by atoms with Gasteiger partial charge in [-0.1, -0.05) is 0 Å². The summed E-state index contributed by atoms with van der Waals surface area (Å²) in [5, 5.41) is 10.2. The summed E-state index contributed by atoms with van der Waals surface area (Å²) in [4.78, 5) is 6.89. The number of nitrogens with zero attached hydrogens (tertiary/aromatic N) is 2. The molecule has 4 nitrogen and oxygen atoms in total. The van der Waals surface area contributed by atoms with Crippen molar-refractivity contribution in [3.63, 3.8) is 0 Å². The number of aromatic nitrogens is 1. The maximum absolute atomic E-state index is 13.8. The minimum Gasteiger partial charge on any atom is -0.395 e. The highest BCUT2D eigenvalue weighted by atomic mass is 19.4. The Labute approximate surface area is 158 Å². The molecular formula is C17H11F8N3O. The minimum absolute atomic E-state index is 0.173. The molecule has 1 unspecified atom stereocenters. The molecule has 0 fully saturated rings. The molecule has 3 N–H and O–H groups in total. The summed E-state index contributed by atoms with van der Waals surface area (Å²) < 4.78 is 103. The van der Waals surface area contributed by atoms with Crippen LogP contribution in [0.2, 0.25) is 0 Å². The lowest BCUT2D eigenvalue weighted by Gasteiger charge is -2.14. The third-order valence-corrected chi connectivity index (χ3v) is 3.46. The van der Waals surface area contributed by atoms with Gasteiger partial charge in [-0.2, -0.15) is 26.3 Å². The van der Waals surface area contributed by atoms with Gasteiger partial charge >= 0.3 is 12.4 Å². The van der Waals surface area contributed by atoms with E-state index < -0.39 is 52.8 Å². The van der Waals surface area contributed by atoms with Crippen LogP contribution in [-0.4, -0.2) is 22.0 Å². The van der Waals surface area contributed by atoms with Crippen LogP contribution in [-0.2, 0) is 6.18 Å². The van der Waals surface area contributed by atoms with Crippen LogP contribution in [0.25, 0.3) is 0 Å². The molecule has 0 spiro atoms. The van der Waals surface area contributed by atoms with Crippen molar-refractivity contribution in [2.24, 2.45) is 10.7 Å². The Morgan fingerprint density at radius 2 is 1.66 bits per heavy atom. The Morgan fingerprint density at radius 3 is 2.14 bits per heavy atom. The van der Waals surface area contributed by atoms with Crippen LogP contribution in [0.1, 0.15) is 17.4 Å². The number of aliphatic hydroxyl groups excluding tert-OH is 1. The van der Waals surface area contributed by atoms with Gasteiger partial charge in [0.1, 0.15) is 23.3 Å². The molecule has 2 rings (SSSR count). The van der Waals surface area contributed by atoms with Crippen LogP contribution in [0, 0.1) is 11.6 Å². The normalized spacial score (nSPS) is 14.8. The summed E-state index contributed by atoms with van der Waals surface area (Å²) in [6.45, 7) is 0. The fourth-order valence-electron chi connectivity index (χ4n) is 2.05. The van der Waals surface area contributed by atoms with Crippen LogP contribution in [0.3, 0.4) is 0 Å². The molecule has 0 aliphatic rings. The first kappa shape index (κ1) is 22.3. The van der Waals surface area contributed by atoms with Crippen molar-refractivity contribution in [3.8, 4) is 0 Å². The van der Waals surface area contributed by atoms with Crippen molar-refractivity contribution in [2.45, 2.75) is 18.5 Å². The van der Waals surface area contributed by atoms with Crippen molar-refractivity contribution in [3.05, 3.63) is 71.2 Å². The third-order valence-electron chi connectivity index (χ3n) is 3.46. The number of pyridine rings is 1. The first-order valence-electron chi connectivity index (χ1n) is 7.58. The van der Waals surface area contributed by atoms with Gasteiger partial charge in [-0.05, 0) is 30.3 Å². The van der Waals surface area contributed by atoms with E-state index in [9.17, 15) is 40.2 Å². The number of aliphatic hydroxyl groups is 1. The molecule has 0 aliphatic carbocycles. The number of hydrogen-bond acceptors (Lipinski definition) is 4. The molecule has 1 aromatic heterocycles. The first-order valence-corrected chi connectivity index (χ1v) is 7.58. The van der Waals surface area contributed by atoms with Gasteiger partial charge in [-0.15, -0.1) is 0 Å². The number of nitrogens with two attached hydrogens (primary N) is 1. The fraction of sp³-hybridized carbons (Fsp3) is 0.176. The van der Waals surface area contributed by atoms with E-state index in [4.69, 9.17) is 5.73 Å². The van der Waals surface area contributed by atoms with Crippen molar-refractivity contribution < 1.29 is 40.2 Å². The van der Waals surface area contributed by atoms with Gasteiger partial charge in [0.15, 0.2) is 5.82 Å². The Morgan fingerprint density at radius 1 is 1.07 bits per heavy atom. The lowest BCUT2D eigenvalue weighted by Crippen LogP contribution is -2.23. The molecule has 0 amide bonds. The summed E-state index contributed by atoms with van der Waals surface area (Å²) in [6.07, 6.45) is -11.2. The number of aliphatic imine (C=N–C) groups is 1. The summed E-state index contributed by atoms with van der Waals surface area (Å²) in [5.41, 5.74) is 0.0955. The van der Waals surface area contributed by atoms with Crippen LogP contribution >= 0.6 is 0 Å². The quantitative estimate of drug-likeness (QED) is 0.556. The van der Waals surface area contributed by atoms with Crippen LogP contribution in [0.15, 0.2) is 53.3 Å². The SMILES string of the molecule is NC(=CC(=Nc1ccc(C(F)(F)F)cc1)C(O)c1ncc(F)cc1F)C(F)(F)F. The third kappa shape index (κ3) is 5.73. The average molecular weight is 425 g/mol. The van der Waals surface area contributed by atoms with Crippen LogP contribution in [0.5, 0.6) is 0 Å². The standard InChI is InChI=1S/C17H11F8N3O/c18-9-5-11(19)14(27-7-9)15(29)12(6-13(26)17(23,24)25)28-10-3-1-8(2-4-10)16(20,21)22/h1-7,15,29H,26H2. The Balaban J connectivity index is 2.54. The van der Waals surface area contributed by atoms with Crippen LogP contribution in [0.4, 0.5) is 40.8 Å². The smallest absolute Gasteiger partial charge is 0.395 e. The molecule has 0 aliphatic heterocycles. The number of rotatable bonds is 4. The first-order chi connectivity index (χ1) is 13.3. The lowest BCUT2D eigenvalue weighted by molar-refractivity contribution is -0.137. The van der Waals surface area contributed by atoms with Crippen molar-refractivity contribution >= 4 is 11.4 Å². The van der Waals surface area contributed by atoms with E-state index >= 15 is 0 Å². The van der Waals surface area contributed by atoms with Gasteiger partial charge in [0.25, 0.3) is 0 Å². The molecule has 156 valence electrons. The highest BCUT2D eigenvalue weighted by Crippen LogP contribution is 2.31. The molecule has 1 atom stereocenters. The molecule has 0 saturated carbocycles. The largest absolute Gasteiger partial charge is 0.430 e. The number of alkyl halides is 6. The predicted octanol–water partition coefficient (Wildman–Crippen LogP) is 4.59. The zero-order valence-electron chi connectivity index (χ0n) is 14.1. The van der Waals surface area contributed by atoms with Crippen LogP contribution < -0.4 is 5.73 Å². The van der Waals surface area contributed by atoms with E-state index in [1.807, 2.05) is 0 Å². The molecule has 29 heavy (non-hydrogen) atoms. The van der Waals surface area contributed by atoms with Crippen molar-refractivity contribution in [1.82, 2.24) is 4.98 Å². The number of hydrogen-bond donors (Lipinski definition) is 2. The average Bonchev–Trinajstić information content (AvgIpc) is 2.59. The second-order valence-corrected chi connectivity index (χ2v) is 5.60. The molecule has 0 saturated heterocycles. The summed E-state index contributed by atoms with van der Waals surface area (Å²) in [6, 6.07) is 3.19. The maximum Gasteiger partial charge on any atom is 0.430 e. The molecule has 12 heteroatoms. The van der Waals surface area contributed by atoms with E-state index in [0.29, 0.717) is 24.4 Å². The zero-order valence-corrected chi connectivity index (χ0v) is 14.1. The van der Waals surface area contributed by atoms with E-state index in [0.717, 1.165) is 12.1 Å². The second kappa shape index (κ2) is 8.15. The molecule has 2 aromatic rings. The summed E-state index contributed by atoms with van der Waals surface area (Å²) in [5.74, 6) is -2.48. The minimum atomic E-state index is -5.03. The van der Waals surface area contributed by atoms with E-state index in [-0.39, 0.29) is 11.8 Å². The molecule has 0 radical (unpaired) electrons. The predicted molar refractivity (Wildman–Crippen MR) is 86.0 cm³/mol. The van der Waals surface area contributed by atoms with Crippen molar-refractivity contribution in [2.75, 3.05) is 0 Å². The zero-order chi connectivity index (χ0) is 22.0. The summed E-state index contributed by atoms with van der Waals surface area (Å²) >= 11 is 0. The number of allylic oxidation sites excluding steroid dienone is 1. The van der Waals surface area contributed by atoms with E-state index in [2.05, 4.69) is 9.98 Å². The molecular weight excluding hydrogens is 414 g/mol. The Hall–Kier alpha value is -3.02. The topological polar surface area (TPSA) is 71.5 Å². The second-order valence-electron chi connectivity index (χ2n) is 5.60. The monoisotopic (exact) mass is 425 g/mol.